The van der Waals surface area contributed by atoms with Crippen molar-refractivity contribution in [1.82, 2.24) is 47.9 Å². The molecule has 26 nitrogen and oxygen atoms in total. The zero-order valence-electron chi connectivity index (χ0n) is 43.6. The van der Waals surface area contributed by atoms with Gasteiger partial charge in [0.15, 0.2) is 0 Å². The molecule has 0 aliphatic carbocycles. The molecule has 412 valence electrons. The number of primary amides is 1. The lowest BCUT2D eigenvalue weighted by atomic mass is 9.98. The molecule has 17 N–H and O–H groups in total. The Morgan fingerprint density at radius 3 is 1.17 bits per heavy atom. The van der Waals surface area contributed by atoms with Crippen LogP contribution in [0.1, 0.15) is 122 Å². The molecule has 10 amide bonds. The van der Waals surface area contributed by atoms with Gasteiger partial charge in [0, 0.05) is 19.3 Å². The van der Waals surface area contributed by atoms with Gasteiger partial charge < -0.3 is 79.7 Å². The number of hydrogen-bond acceptors (Lipinski definition) is 15. The van der Waals surface area contributed by atoms with E-state index in [-0.39, 0.29) is 18.3 Å². The first-order valence-corrected chi connectivity index (χ1v) is 24.2. The third-order valence-corrected chi connectivity index (χ3v) is 10.9. The van der Waals surface area contributed by atoms with Crippen molar-refractivity contribution in [2.45, 2.75) is 194 Å². The quantitative estimate of drug-likeness (QED) is 0.0298. The summed E-state index contributed by atoms with van der Waals surface area (Å²) in [7, 11) is 0. The molecule has 0 aromatic rings. The number of nitrogens with one attached hydrogen (secondary N) is 9. The first-order chi connectivity index (χ1) is 33.2. The van der Waals surface area contributed by atoms with Crippen molar-refractivity contribution in [1.29, 1.82) is 0 Å². The number of carboxylic acid groups (broad SMARTS) is 1. The van der Waals surface area contributed by atoms with E-state index < -0.39 is 182 Å². The molecule has 72 heavy (non-hydrogen) atoms. The van der Waals surface area contributed by atoms with Crippen LogP contribution in [0.5, 0.6) is 0 Å². The summed E-state index contributed by atoms with van der Waals surface area (Å²) in [4.78, 5) is 144. The van der Waals surface area contributed by atoms with Gasteiger partial charge in [-0.2, -0.15) is 0 Å². The zero-order chi connectivity index (χ0) is 55.9. The molecular formula is C46H83N11O15. The summed E-state index contributed by atoms with van der Waals surface area (Å²) in [6.07, 6.45) is -3.95. The molecule has 0 heterocycles. The topological polar surface area (TPSA) is 429 Å². The van der Waals surface area contributed by atoms with E-state index in [0.29, 0.717) is 6.42 Å². The lowest BCUT2D eigenvalue weighted by Crippen LogP contribution is -2.62. The van der Waals surface area contributed by atoms with Crippen molar-refractivity contribution >= 4 is 65.0 Å². The maximum atomic E-state index is 13.8. The number of aliphatic carboxylic acids is 1. The highest BCUT2D eigenvalue weighted by molar-refractivity contribution is 5.98. The average molecular weight is 1030 g/mol. The Morgan fingerprint density at radius 1 is 0.417 bits per heavy atom. The number of aliphatic hydroxyl groups excluding tert-OH is 3. The zero-order valence-corrected chi connectivity index (χ0v) is 43.6. The van der Waals surface area contributed by atoms with Crippen LogP contribution in [-0.4, -0.2) is 165 Å². The maximum Gasteiger partial charge on any atom is 0.325 e. The second-order valence-electron chi connectivity index (χ2n) is 19.8. The molecule has 0 aromatic heterocycles. The van der Waals surface area contributed by atoms with E-state index in [9.17, 15) is 73.2 Å². The summed E-state index contributed by atoms with van der Waals surface area (Å²) in [5.41, 5.74) is 11.4. The van der Waals surface area contributed by atoms with E-state index >= 15 is 0 Å². The van der Waals surface area contributed by atoms with Crippen LogP contribution in [0.2, 0.25) is 0 Å². The van der Waals surface area contributed by atoms with Gasteiger partial charge in [0.25, 0.3) is 0 Å². The maximum absolute atomic E-state index is 13.8. The lowest BCUT2D eigenvalue weighted by Gasteiger charge is -2.29. The number of carboxylic acids is 1. The van der Waals surface area contributed by atoms with Crippen molar-refractivity contribution in [3.05, 3.63) is 0 Å². The Hall–Kier alpha value is -5.99. The van der Waals surface area contributed by atoms with E-state index in [1.54, 1.807) is 41.5 Å². The molecule has 0 saturated heterocycles. The summed E-state index contributed by atoms with van der Waals surface area (Å²) >= 11 is 0. The first kappa shape index (κ1) is 66.0. The molecule has 0 unspecified atom stereocenters. The minimum atomic E-state index is -1.74. The minimum absolute atomic E-state index is 0.0954. The van der Waals surface area contributed by atoms with Crippen LogP contribution in [0, 0.1) is 23.7 Å². The van der Waals surface area contributed by atoms with E-state index in [4.69, 9.17) is 11.5 Å². The predicted octanol–water partition coefficient (Wildman–Crippen LogP) is -3.99. The fraction of sp³-hybridized carbons (Fsp3) is 0.761. The molecule has 0 fully saturated rings. The Bertz CT molecular complexity index is 1860. The molecule has 0 aromatic carbocycles. The number of carbonyl (C=O) groups excluding carboxylic acids is 10. The van der Waals surface area contributed by atoms with Crippen molar-refractivity contribution in [3.63, 3.8) is 0 Å². The molecule has 26 heteroatoms. The highest BCUT2D eigenvalue weighted by Crippen LogP contribution is 2.11. The van der Waals surface area contributed by atoms with Crippen LogP contribution in [0.25, 0.3) is 0 Å². The second kappa shape index (κ2) is 32.2. The largest absolute Gasteiger partial charge is 0.480 e. The van der Waals surface area contributed by atoms with Gasteiger partial charge in [-0.15, -0.1) is 0 Å². The highest BCUT2D eigenvalue weighted by Gasteiger charge is 2.36. The first-order valence-electron chi connectivity index (χ1n) is 24.2. The van der Waals surface area contributed by atoms with Gasteiger partial charge in [0.05, 0.1) is 24.9 Å². The highest BCUT2D eigenvalue weighted by atomic mass is 16.4. The molecule has 0 aliphatic heterocycles. The molecule has 0 aliphatic rings. The van der Waals surface area contributed by atoms with Crippen LogP contribution in [0.4, 0.5) is 0 Å². The average Bonchev–Trinajstić information content (AvgIpc) is 3.25. The molecule has 0 bridgehead atoms. The van der Waals surface area contributed by atoms with E-state index in [1.165, 1.54) is 27.7 Å². The summed E-state index contributed by atoms with van der Waals surface area (Å²) < 4.78 is 0. The van der Waals surface area contributed by atoms with Crippen LogP contribution < -0.4 is 59.3 Å². The number of amides is 10. The van der Waals surface area contributed by atoms with Crippen molar-refractivity contribution < 1.29 is 73.2 Å². The van der Waals surface area contributed by atoms with E-state index in [2.05, 4.69) is 47.9 Å². The van der Waals surface area contributed by atoms with Crippen molar-refractivity contribution in [2.75, 3.05) is 6.61 Å². The number of rotatable bonds is 33. The predicted molar refractivity (Wildman–Crippen MR) is 261 cm³/mol. The molecule has 0 saturated carbocycles. The fourth-order valence-corrected chi connectivity index (χ4v) is 6.92. The van der Waals surface area contributed by atoms with Crippen molar-refractivity contribution in [3.8, 4) is 0 Å². The van der Waals surface area contributed by atoms with Gasteiger partial charge >= 0.3 is 5.97 Å². The van der Waals surface area contributed by atoms with Gasteiger partial charge in [0.1, 0.15) is 54.4 Å². The standard InChI is InChI=1S/C46H83N11O15/c1-20(2)15-28(47)38(63)56-36(23(7)8)45(70)57-35(22(5)6)44(69)55-33(19-58)43(68)54-32(18-25(10)60)42(67)51-29(13-14-34(48)61)39(64)53-31(17-24(9)59)41(66)49-26(11)37(62)52-30(16-21(3)4)40(65)50-27(12)46(71)72/h20-33,35-36,58-60H,13-19,47H2,1-12H3,(H2,48,61)(H,49,66)(H,50,65)(H,51,67)(H,52,62)(H,53,64)(H,54,68)(H,55,69)(H,56,63)(H,57,70)(H,71,72)/t24-,25-,26+,27+,28+,29+,30+,31+,32+,33+,35+,36+/m1/s1. The third kappa shape index (κ3) is 24.9. The third-order valence-electron chi connectivity index (χ3n) is 10.9. The molecule has 12 atom stereocenters. The summed E-state index contributed by atoms with van der Waals surface area (Å²) in [6, 6.07) is -13.8. The minimum Gasteiger partial charge on any atom is -0.480 e. The number of hydrogen-bond donors (Lipinski definition) is 15. The van der Waals surface area contributed by atoms with Crippen LogP contribution in [0.15, 0.2) is 0 Å². The fourth-order valence-electron chi connectivity index (χ4n) is 6.92. The Labute approximate surface area is 421 Å². The van der Waals surface area contributed by atoms with Gasteiger partial charge in [-0.1, -0.05) is 55.4 Å². The van der Waals surface area contributed by atoms with Crippen LogP contribution in [-0.2, 0) is 52.7 Å². The van der Waals surface area contributed by atoms with Crippen LogP contribution >= 0.6 is 0 Å². The normalized spacial score (nSPS) is 16.4. The lowest BCUT2D eigenvalue weighted by molar-refractivity contribution is -0.142. The van der Waals surface area contributed by atoms with Gasteiger partial charge in [-0.05, 0) is 70.6 Å². The van der Waals surface area contributed by atoms with Crippen LogP contribution in [0.3, 0.4) is 0 Å². The van der Waals surface area contributed by atoms with Gasteiger partial charge in [-0.3, -0.25) is 52.7 Å². The van der Waals surface area contributed by atoms with E-state index in [1.807, 2.05) is 13.8 Å². The molecule has 0 radical (unpaired) electrons. The van der Waals surface area contributed by atoms with E-state index in [0.717, 1.165) is 0 Å². The molecule has 0 rings (SSSR count). The molecular weight excluding hydrogens is 947 g/mol. The smallest absolute Gasteiger partial charge is 0.325 e. The SMILES string of the molecule is CC(C)C[C@H](NC(=O)[C@H](C)NC(=O)[C@H](C[C@@H](C)O)NC(=O)[C@H](CCC(N)=O)NC(=O)[C@H](C[C@@H](C)O)NC(=O)[C@H](CO)NC(=O)[C@@H](NC(=O)[C@@H](NC(=O)[C@@H](N)CC(C)C)C(C)C)C(C)C)C(=O)N[C@@H](C)C(=O)O. The Kier molecular flexibility index (Phi) is 29.5. The summed E-state index contributed by atoms with van der Waals surface area (Å²) in [6.45, 7) is 17.8. The number of nitrogens with two attached hydrogens (primary N) is 2. The molecule has 0 spiro atoms. The number of aliphatic hydroxyl groups is 3. The Morgan fingerprint density at radius 2 is 0.764 bits per heavy atom. The van der Waals surface area contributed by atoms with Crippen molar-refractivity contribution in [2.24, 2.45) is 35.1 Å². The monoisotopic (exact) mass is 1030 g/mol. The number of carbonyl (C=O) groups is 11. The van der Waals surface area contributed by atoms with Gasteiger partial charge in [0.2, 0.25) is 59.1 Å². The van der Waals surface area contributed by atoms with Gasteiger partial charge in [-0.25, -0.2) is 0 Å². The second-order valence-corrected chi connectivity index (χ2v) is 19.8. The Balaban J connectivity index is 6.38. The summed E-state index contributed by atoms with van der Waals surface area (Å²) in [5, 5.41) is 61.8. The summed E-state index contributed by atoms with van der Waals surface area (Å²) in [5.74, 6) is -11.5.